The van der Waals surface area contributed by atoms with Crippen molar-refractivity contribution in [3.8, 4) is 0 Å². The molecule has 2 rings (SSSR count). The molecule has 0 unspecified atom stereocenters. The molecule has 18 heavy (non-hydrogen) atoms. The second-order valence-corrected chi connectivity index (χ2v) is 4.52. The summed E-state index contributed by atoms with van der Waals surface area (Å²) in [6.45, 7) is 3.48. The van der Waals surface area contributed by atoms with Crippen LogP contribution in [0.4, 0.5) is 5.82 Å². The first-order chi connectivity index (χ1) is 8.49. The van der Waals surface area contributed by atoms with E-state index in [9.17, 15) is 9.59 Å². The maximum absolute atomic E-state index is 11.9. The van der Waals surface area contributed by atoms with E-state index in [1.165, 1.54) is 14.1 Å². The lowest BCUT2D eigenvalue weighted by Crippen LogP contribution is -2.49. The van der Waals surface area contributed by atoms with Crippen molar-refractivity contribution < 1.29 is 0 Å². The van der Waals surface area contributed by atoms with Crippen LogP contribution in [0.5, 0.6) is 0 Å². The number of nitrogens with one attached hydrogen (secondary N) is 1. The molecule has 0 bridgehead atoms. The molecule has 1 N–H and O–H groups in total. The second kappa shape index (κ2) is 4.91. The fourth-order valence-electron chi connectivity index (χ4n) is 1.84. The predicted molar refractivity (Wildman–Crippen MR) is 67.4 cm³/mol. The first-order valence-corrected chi connectivity index (χ1v) is 5.83. The van der Waals surface area contributed by atoms with E-state index in [1.807, 2.05) is 5.01 Å². The Kier molecular flexibility index (Phi) is 3.48. The molecule has 0 aromatic carbocycles. The fourth-order valence-corrected chi connectivity index (χ4v) is 1.84. The number of aryl methyl sites for hydroxylation is 1. The molecule has 1 aromatic rings. The highest BCUT2D eigenvalue weighted by atomic mass is 16.2. The molecule has 1 aliphatic rings. The third-order valence-electron chi connectivity index (χ3n) is 3.09. The van der Waals surface area contributed by atoms with Gasteiger partial charge >= 0.3 is 5.69 Å². The van der Waals surface area contributed by atoms with Gasteiger partial charge in [-0.1, -0.05) is 0 Å². The molecule has 1 fully saturated rings. The zero-order valence-corrected chi connectivity index (χ0v) is 10.9. The SMILES string of the molecule is CN1CCN(Nc2nn(C)c(=O)n(C)c2=O)CC1. The van der Waals surface area contributed by atoms with Crippen molar-refractivity contribution in [2.45, 2.75) is 0 Å². The van der Waals surface area contributed by atoms with Crippen LogP contribution in [0.3, 0.4) is 0 Å². The minimum absolute atomic E-state index is 0.184. The highest BCUT2D eigenvalue weighted by Crippen LogP contribution is 2.00. The largest absolute Gasteiger partial charge is 0.346 e. The standard InChI is InChI=1S/C10H18N6O2/c1-13-4-6-16(7-5-13)12-8-9(17)14(2)10(18)15(3)11-8/h4-7H2,1-3H3,(H,11,12). The van der Waals surface area contributed by atoms with Crippen molar-refractivity contribution in [2.75, 3.05) is 38.7 Å². The molecule has 0 spiro atoms. The van der Waals surface area contributed by atoms with E-state index < -0.39 is 11.2 Å². The number of nitrogens with zero attached hydrogens (tertiary/aromatic N) is 5. The van der Waals surface area contributed by atoms with E-state index in [-0.39, 0.29) is 5.82 Å². The third-order valence-corrected chi connectivity index (χ3v) is 3.09. The first-order valence-electron chi connectivity index (χ1n) is 5.83. The van der Waals surface area contributed by atoms with Crippen molar-refractivity contribution in [1.29, 1.82) is 0 Å². The van der Waals surface area contributed by atoms with Gasteiger partial charge in [-0.05, 0) is 7.05 Å². The van der Waals surface area contributed by atoms with Gasteiger partial charge in [-0.3, -0.25) is 14.8 Å². The fraction of sp³-hybridized carbons (Fsp3) is 0.700. The predicted octanol–water partition coefficient (Wildman–Crippen LogP) is -1.95. The lowest BCUT2D eigenvalue weighted by molar-refractivity contribution is 0.178. The van der Waals surface area contributed by atoms with Crippen molar-refractivity contribution in [3.63, 3.8) is 0 Å². The van der Waals surface area contributed by atoms with Crippen molar-refractivity contribution in [2.24, 2.45) is 14.1 Å². The zero-order chi connectivity index (χ0) is 13.3. The summed E-state index contributed by atoms with van der Waals surface area (Å²) in [6.07, 6.45) is 0. The van der Waals surface area contributed by atoms with Gasteiger partial charge in [-0.15, -0.1) is 5.10 Å². The van der Waals surface area contributed by atoms with E-state index >= 15 is 0 Å². The van der Waals surface area contributed by atoms with Crippen LogP contribution < -0.4 is 16.7 Å². The summed E-state index contributed by atoms with van der Waals surface area (Å²) < 4.78 is 2.20. The van der Waals surface area contributed by atoms with Crippen LogP contribution >= 0.6 is 0 Å². The average Bonchev–Trinajstić information content (AvgIpc) is 2.36. The van der Waals surface area contributed by atoms with Gasteiger partial charge in [0.1, 0.15) is 0 Å². The summed E-state index contributed by atoms with van der Waals surface area (Å²) in [5.74, 6) is 0.184. The van der Waals surface area contributed by atoms with Crippen LogP contribution in [0.15, 0.2) is 9.59 Å². The molecule has 8 nitrogen and oxygen atoms in total. The number of hydrogen-bond donors (Lipinski definition) is 1. The summed E-state index contributed by atoms with van der Waals surface area (Å²) in [7, 11) is 5.03. The molecule has 0 radical (unpaired) electrons. The lowest BCUT2D eigenvalue weighted by Gasteiger charge is -2.32. The molecule has 0 aliphatic carbocycles. The highest BCUT2D eigenvalue weighted by molar-refractivity contribution is 5.28. The molecule has 0 saturated carbocycles. The summed E-state index contributed by atoms with van der Waals surface area (Å²) in [5, 5.41) is 5.89. The molecular weight excluding hydrogens is 236 g/mol. The van der Waals surface area contributed by atoms with E-state index in [2.05, 4.69) is 22.5 Å². The van der Waals surface area contributed by atoms with Gasteiger partial charge in [-0.2, -0.15) is 0 Å². The van der Waals surface area contributed by atoms with Crippen LogP contribution in [0.1, 0.15) is 0 Å². The van der Waals surface area contributed by atoms with Crippen LogP contribution in [0.25, 0.3) is 0 Å². The van der Waals surface area contributed by atoms with Gasteiger partial charge in [-0.25, -0.2) is 14.5 Å². The number of rotatable bonds is 2. The van der Waals surface area contributed by atoms with Crippen LogP contribution in [0, 0.1) is 0 Å². The average molecular weight is 254 g/mol. The first kappa shape index (κ1) is 12.8. The molecule has 0 atom stereocenters. The smallest absolute Gasteiger partial charge is 0.304 e. The number of hydrogen-bond acceptors (Lipinski definition) is 6. The molecular formula is C10H18N6O2. The van der Waals surface area contributed by atoms with Crippen molar-refractivity contribution in [1.82, 2.24) is 24.3 Å². The molecule has 1 aromatic heterocycles. The van der Waals surface area contributed by atoms with Crippen molar-refractivity contribution in [3.05, 3.63) is 20.8 Å². The highest BCUT2D eigenvalue weighted by Gasteiger charge is 2.16. The van der Waals surface area contributed by atoms with E-state index in [1.54, 1.807) is 0 Å². The van der Waals surface area contributed by atoms with Crippen LogP contribution in [0.2, 0.25) is 0 Å². The maximum atomic E-state index is 11.9. The molecule has 100 valence electrons. The minimum atomic E-state index is -0.427. The Labute approximate surface area is 104 Å². The monoisotopic (exact) mass is 254 g/mol. The van der Waals surface area contributed by atoms with Gasteiger partial charge in [0.25, 0.3) is 5.56 Å². The molecule has 1 aliphatic heterocycles. The summed E-state index contributed by atoms with van der Waals surface area (Å²) >= 11 is 0. The Morgan fingerprint density at radius 3 is 2.28 bits per heavy atom. The second-order valence-electron chi connectivity index (χ2n) is 4.52. The third kappa shape index (κ3) is 2.44. The maximum Gasteiger partial charge on any atom is 0.346 e. The zero-order valence-electron chi connectivity index (χ0n) is 10.9. The Morgan fingerprint density at radius 2 is 1.67 bits per heavy atom. The van der Waals surface area contributed by atoms with Crippen molar-refractivity contribution >= 4 is 5.82 Å². The molecule has 8 heteroatoms. The number of anilines is 1. The lowest BCUT2D eigenvalue weighted by atomic mass is 10.4. The Bertz CT molecular complexity index is 540. The Morgan fingerprint density at radius 1 is 1.06 bits per heavy atom. The summed E-state index contributed by atoms with van der Waals surface area (Å²) in [4.78, 5) is 25.6. The quantitative estimate of drug-likeness (QED) is 0.661. The Balaban J connectivity index is 2.20. The summed E-state index contributed by atoms with van der Waals surface area (Å²) in [6, 6.07) is 0. The van der Waals surface area contributed by atoms with Gasteiger partial charge < -0.3 is 4.90 Å². The van der Waals surface area contributed by atoms with E-state index in [0.29, 0.717) is 0 Å². The number of aromatic nitrogens is 3. The van der Waals surface area contributed by atoms with Gasteiger partial charge in [0, 0.05) is 40.3 Å². The minimum Gasteiger partial charge on any atom is -0.304 e. The molecule has 2 heterocycles. The molecule has 1 saturated heterocycles. The van der Waals surface area contributed by atoms with E-state index in [4.69, 9.17) is 0 Å². The van der Waals surface area contributed by atoms with Gasteiger partial charge in [0.05, 0.1) is 0 Å². The number of hydrazine groups is 1. The van der Waals surface area contributed by atoms with E-state index in [0.717, 1.165) is 35.4 Å². The molecule has 0 amide bonds. The van der Waals surface area contributed by atoms with Crippen LogP contribution in [-0.2, 0) is 14.1 Å². The Hall–Kier alpha value is -1.67. The topological polar surface area (TPSA) is 75.4 Å². The van der Waals surface area contributed by atoms with Gasteiger partial charge in [0.2, 0.25) is 5.82 Å². The van der Waals surface area contributed by atoms with Gasteiger partial charge in [0.15, 0.2) is 0 Å². The number of likely N-dealkylation sites (N-methyl/N-ethyl adjacent to an activating group) is 1. The van der Waals surface area contributed by atoms with Crippen LogP contribution in [-0.4, -0.2) is 57.5 Å². The summed E-state index contributed by atoms with van der Waals surface area (Å²) in [5.41, 5.74) is 2.15. The number of piperazine rings is 1. The normalized spacial score (nSPS) is 17.9.